The Morgan fingerprint density at radius 1 is 1.32 bits per heavy atom. The van der Waals surface area contributed by atoms with Crippen molar-refractivity contribution in [1.82, 2.24) is 14.8 Å². The molecule has 0 radical (unpaired) electrons. The average molecular weight is 383 g/mol. The lowest BCUT2D eigenvalue weighted by atomic mass is 9.94. The molecule has 2 N–H and O–H groups in total. The van der Waals surface area contributed by atoms with Crippen LogP contribution in [0.15, 0.2) is 11.2 Å². The molecule has 0 atom stereocenters. The molecule has 0 aromatic carbocycles. The van der Waals surface area contributed by atoms with Crippen LogP contribution in [0.3, 0.4) is 0 Å². The van der Waals surface area contributed by atoms with Crippen LogP contribution in [0.25, 0.3) is 0 Å². The van der Waals surface area contributed by atoms with Gasteiger partial charge in [0.15, 0.2) is 5.16 Å². The maximum atomic E-state index is 12.2. The fourth-order valence-corrected chi connectivity index (χ4v) is 3.53. The first-order valence-electron chi connectivity index (χ1n) is 7.41. The Morgan fingerprint density at radius 3 is 2.52 bits per heavy atom. The van der Waals surface area contributed by atoms with E-state index in [4.69, 9.17) is 4.74 Å². The van der Waals surface area contributed by atoms with Crippen LogP contribution in [0, 0.1) is 0 Å². The zero-order valence-corrected chi connectivity index (χ0v) is 16.6. The third-order valence-corrected chi connectivity index (χ3v) is 5.48. The first kappa shape index (κ1) is 19.3. The number of nitrogens with zero attached hydrogens (tertiary/aromatic N) is 3. The standard InChI is InChI=1S/C15H21N5O3S2/c1-15(2,3)9-7-8(10(25-9)11(21)23-5)16-13(22)17-12-18-14(24-6)20(4)19-12/h7H,1-6H3,(H2,16,17,19,22). The molecule has 8 nitrogen and oxygen atoms in total. The van der Waals surface area contributed by atoms with Gasteiger partial charge in [-0.25, -0.2) is 14.3 Å². The summed E-state index contributed by atoms with van der Waals surface area (Å²) in [6, 6.07) is 1.26. The Bertz CT molecular complexity index is 792. The molecular weight excluding hydrogens is 362 g/mol. The lowest BCUT2D eigenvalue weighted by molar-refractivity contribution is 0.0607. The highest BCUT2D eigenvalue weighted by molar-refractivity contribution is 7.98. The first-order valence-corrected chi connectivity index (χ1v) is 9.45. The molecule has 0 spiro atoms. The Balaban J connectivity index is 2.21. The maximum Gasteiger partial charge on any atom is 0.350 e. The second-order valence-electron chi connectivity index (χ2n) is 6.22. The number of urea groups is 1. The summed E-state index contributed by atoms with van der Waals surface area (Å²) in [5.41, 5.74) is 0.250. The van der Waals surface area contributed by atoms with Gasteiger partial charge in [0.25, 0.3) is 5.95 Å². The van der Waals surface area contributed by atoms with E-state index in [0.29, 0.717) is 15.7 Å². The summed E-state index contributed by atoms with van der Waals surface area (Å²) in [6.07, 6.45) is 1.87. The predicted octanol–water partition coefficient (Wildman–Crippen LogP) is 3.33. The number of aryl methyl sites for hydroxylation is 1. The molecule has 0 saturated carbocycles. The number of esters is 1. The van der Waals surface area contributed by atoms with Crippen LogP contribution < -0.4 is 10.6 Å². The average Bonchev–Trinajstić information content (AvgIpc) is 3.09. The van der Waals surface area contributed by atoms with Gasteiger partial charge >= 0.3 is 12.0 Å². The molecule has 2 amide bonds. The van der Waals surface area contributed by atoms with Crippen molar-refractivity contribution in [1.29, 1.82) is 0 Å². The second kappa shape index (κ2) is 7.44. The van der Waals surface area contributed by atoms with E-state index >= 15 is 0 Å². The van der Waals surface area contributed by atoms with Gasteiger partial charge < -0.3 is 10.1 Å². The van der Waals surface area contributed by atoms with Crippen LogP contribution in [-0.2, 0) is 17.2 Å². The number of ether oxygens (including phenoxy) is 1. The predicted molar refractivity (Wildman–Crippen MR) is 99.8 cm³/mol. The lowest BCUT2D eigenvalue weighted by Gasteiger charge is -2.15. The van der Waals surface area contributed by atoms with Gasteiger partial charge in [-0.1, -0.05) is 32.5 Å². The van der Waals surface area contributed by atoms with Crippen molar-refractivity contribution in [2.45, 2.75) is 31.3 Å². The summed E-state index contributed by atoms with van der Waals surface area (Å²) in [4.78, 5) is 29.7. The van der Waals surface area contributed by atoms with E-state index in [0.717, 1.165) is 4.88 Å². The van der Waals surface area contributed by atoms with Gasteiger partial charge in [-0.3, -0.25) is 5.32 Å². The molecule has 0 fully saturated rings. The number of rotatable bonds is 4. The zero-order valence-electron chi connectivity index (χ0n) is 15.0. The summed E-state index contributed by atoms with van der Waals surface area (Å²) < 4.78 is 6.38. The number of anilines is 2. The number of amides is 2. The van der Waals surface area contributed by atoms with Gasteiger partial charge in [-0.05, 0) is 17.7 Å². The molecule has 0 aliphatic heterocycles. The third kappa shape index (κ3) is 4.51. The minimum Gasteiger partial charge on any atom is -0.465 e. The highest BCUT2D eigenvalue weighted by atomic mass is 32.2. The van der Waals surface area contributed by atoms with E-state index < -0.39 is 12.0 Å². The molecule has 2 heterocycles. The summed E-state index contributed by atoms with van der Waals surface area (Å²) >= 11 is 2.72. The lowest BCUT2D eigenvalue weighted by Crippen LogP contribution is -2.21. The molecule has 0 unspecified atom stereocenters. The molecule has 2 aromatic heterocycles. The number of nitrogens with one attached hydrogen (secondary N) is 2. The van der Waals surface area contributed by atoms with Crippen LogP contribution >= 0.6 is 23.1 Å². The highest BCUT2D eigenvalue weighted by Gasteiger charge is 2.24. The quantitative estimate of drug-likeness (QED) is 0.621. The molecule has 0 aliphatic carbocycles. The SMILES string of the molecule is COC(=O)c1sc(C(C)(C)C)cc1NC(=O)Nc1nc(SC)n(C)n1. The molecule has 25 heavy (non-hydrogen) atoms. The number of thioether (sulfide) groups is 1. The largest absolute Gasteiger partial charge is 0.465 e. The van der Waals surface area contributed by atoms with E-state index in [9.17, 15) is 9.59 Å². The Labute approximate surface area is 154 Å². The summed E-state index contributed by atoms with van der Waals surface area (Å²) in [6.45, 7) is 6.10. The van der Waals surface area contributed by atoms with Gasteiger partial charge in [0.05, 0.1) is 12.8 Å². The number of hydrogen-bond donors (Lipinski definition) is 2. The van der Waals surface area contributed by atoms with Crippen molar-refractivity contribution in [3.05, 3.63) is 15.8 Å². The first-order chi connectivity index (χ1) is 11.7. The minimum absolute atomic E-state index is 0.153. The smallest absolute Gasteiger partial charge is 0.350 e. The number of carbonyl (C=O) groups is 2. The van der Waals surface area contributed by atoms with Crippen LogP contribution in [0.4, 0.5) is 16.4 Å². The summed E-state index contributed by atoms with van der Waals surface area (Å²) in [5, 5.41) is 10.0. The monoisotopic (exact) mass is 383 g/mol. The zero-order chi connectivity index (χ0) is 18.8. The van der Waals surface area contributed by atoms with Crippen LogP contribution in [0.5, 0.6) is 0 Å². The summed E-state index contributed by atoms with van der Waals surface area (Å²) in [5.74, 6) is -0.299. The van der Waals surface area contributed by atoms with Crippen molar-refractivity contribution in [2.24, 2.45) is 7.05 Å². The molecule has 0 bridgehead atoms. The fourth-order valence-electron chi connectivity index (χ4n) is 1.95. The van der Waals surface area contributed by atoms with Gasteiger partial charge in [-0.15, -0.1) is 16.4 Å². The van der Waals surface area contributed by atoms with Gasteiger partial charge in [-0.2, -0.15) is 4.98 Å². The van der Waals surface area contributed by atoms with E-state index in [1.165, 1.54) is 30.2 Å². The van der Waals surface area contributed by atoms with Gasteiger partial charge in [0, 0.05) is 11.9 Å². The normalized spacial score (nSPS) is 11.3. The van der Waals surface area contributed by atoms with Gasteiger partial charge in [0.1, 0.15) is 4.88 Å². The third-order valence-electron chi connectivity index (χ3n) is 3.22. The number of hydrogen-bond acceptors (Lipinski definition) is 7. The van der Waals surface area contributed by atoms with E-state index in [1.807, 2.05) is 27.0 Å². The van der Waals surface area contributed by atoms with Gasteiger partial charge in [0.2, 0.25) is 0 Å². The number of methoxy groups -OCH3 is 1. The number of aromatic nitrogens is 3. The molecule has 136 valence electrons. The summed E-state index contributed by atoms with van der Waals surface area (Å²) in [7, 11) is 3.05. The fraction of sp³-hybridized carbons (Fsp3) is 0.467. The molecule has 10 heteroatoms. The maximum absolute atomic E-state index is 12.2. The Morgan fingerprint density at radius 2 is 2.00 bits per heavy atom. The van der Waals surface area contributed by atoms with Crippen molar-refractivity contribution in [3.63, 3.8) is 0 Å². The molecular formula is C15H21N5O3S2. The minimum atomic E-state index is -0.526. The van der Waals surface area contributed by atoms with E-state index in [-0.39, 0.29) is 11.4 Å². The molecule has 0 aliphatic rings. The second-order valence-corrected chi connectivity index (χ2v) is 8.05. The van der Waals surface area contributed by atoms with Crippen molar-refractivity contribution in [2.75, 3.05) is 24.0 Å². The van der Waals surface area contributed by atoms with Crippen molar-refractivity contribution in [3.8, 4) is 0 Å². The van der Waals surface area contributed by atoms with Crippen molar-refractivity contribution >= 4 is 46.7 Å². The number of thiophene rings is 1. The van der Waals surface area contributed by atoms with Crippen molar-refractivity contribution < 1.29 is 14.3 Å². The van der Waals surface area contributed by atoms with E-state index in [2.05, 4.69) is 20.7 Å². The van der Waals surface area contributed by atoms with Crippen LogP contribution in [0.2, 0.25) is 0 Å². The topological polar surface area (TPSA) is 98.1 Å². The Hall–Kier alpha value is -2.07. The highest BCUT2D eigenvalue weighted by Crippen LogP contribution is 2.35. The molecule has 2 rings (SSSR count). The van der Waals surface area contributed by atoms with Crippen LogP contribution in [0.1, 0.15) is 35.3 Å². The van der Waals surface area contributed by atoms with Crippen LogP contribution in [-0.4, -0.2) is 40.1 Å². The molecule has 2 aromatic rings. The van der Waals surface area contributed by atoms with E-state index in [1.54, 1.807) is 17.8 Å². The molecule has 0 saturated heterocycles. The number of carbonyl (C=O) groups excluding carboxylic acids is 2. The Kier molecular flexibility index (Phi) is 5.73.